The van der Waals surface area contributed by atoms with Gasteiger partial charge in [0.15, 0.2) is 0 Å². The Kier molecular flexibility index (Phi) is 6.43. The normalized spacial score (nSPS) is 11.2. The zero-order chi connectivity index (χ0) is 23.4. The Hall–Kier alpha value is -3.69. The largest absolute Gasteiger partial charge is 0.324 e. The summed E-state index contributed by atoms with van der Waals surface area (Å²) in [7, 11) is -4.23. The summed E-state index contributed by atoms with van der Waals surface area (Å²) in [6.07, 6.45) is 3.53. The Morgan fingerprint density at radius 1 is 1.00 bits per heavy atom. The molecule has 1 aromatic heterocycles. The number of nitrogens with zero attached hydrogens (tertiary/aromatic N) is 2. The van der Waals surface area contributed by atoms with E-state index in [2.05, 4.69) is 15.1 Å². The van der Waals surface area contributed by atoms with Crippen LogP contribution in [0.1, 0.15) is 5.56 Å². The van der Waals surface area contributed by atoms with E-state index >= 15 is 0 Å². The van der Waals surface area contributed by atoms with Crippen molar-refractivity contribution in [2.45, 2.75) is 11.3 Å². The van der Waals surface area contributed by atoms with Crippen molar-refractivity contribution < 1.29 is 17.6 Å². The topological polar surface area (TPSA) is 93.1 Å². The van der Waals surface area contributed by atoms with Crippen LogP contribution in [0.25, 0.3) is 5.69 Å². The third kappa shape index (κ3) is 5.39. The summed E-state index contributed by atoms with van der Waals surface area (Å²) < 4.78 is 43.3. The average molecular weight is 485 g/mol. The third-order valence-corrected chi connectivity index (χ3v) is 6.33. The molecule has 0 bridgehead atoms. The number of carbonyl (C=O) groups excluding carboxylic acids is 1. The van der Waals surface area contributed by atoms with E-state index in [0.29, 0.717) is 5.02 Å². The van der Waals surface area contributed by atoms with Crippen molar-refractivity contribution in [1.82, 2.24) is 9.78 Å². The highest BCUT2D eigenvalue weighted by atomic mass is 35.5. The number of rotatable bonds is 7. The maximum Gasteiger partial charge on any atom is 0.264 e. The number of anilines is 2. The van der Waals surface area contributed by atoms with Gasteiger partial charge >= 0.3 is 0 Å². The first-order chi connectivity index (χ1) is 15.8. The molecule has 0 atom stereocenters. The maximum absolute atomic E-state index is 14.0. The second-order valence-corrected chi connectivity index (χ2v) is 9.16. The molecule has 0 aliphatic rings. The van der Waals surface area contributed by atoms with Crippen LogP contribution in [0.4, 0.5) is 15.8 Å². The summed E-state index contributed by atoms with van der Waals surface area (Å²) in [6, 6.07) is 18.4. The van der Waals surface area contributed by atoms with Gasteiger partial charge in [0.25, 0.3) is 10.0 Å². The molecular weight excluding hydrogens is 467 g/mol. The predicted molar refractivity (Wildman–Crippen MR) is 125 cm³/mol. The molecule has 168 valence electrons. The van der Waals surface area contributed by atoms with E-state index in [1.165, 1.54) is 30.3 Å². The fourth-order valence-electron chi connectivity index (χ4n) is 3.14. The summed E-state index contributed by atoms with van der Waals surface area (Å²) >= 11 is 6.04. The number of amides is 1. The van der Waals surface area contributed by atoms with Gasteiger partial charge in [0.2, 0.25) is 5.91 Å². The minimum Gasteiger partial charge on any atom is -0.324 e. The van der Waals surface area contributed by atoms with Crippen LogP contribution in [0.2, 0.25) is 5.02 Å². The Balaban J connectivity index is 1.51. The molecule has 0 saturated heterocycles. The van der Waals surface area contributed by atoms with E-state index in [0.717, 1.165) is 23.4 Å². The van der Waals surface area contributed by atoms with E-state index in [4.69, 9.17) is 11.6 Å². The number of sulfonamides is 1. The summed E-state index contributed by atoms with van der Waals surface area (Å²) in [6.45, 7) is 0. The van der Waals surface area contributed by atoms with Gasteiger partial charge in [-0.25, -0.2) is 17.5 Å². The van der Waals surface area contributed by atoms with Crippen LogP contribution in [0.3, 0.4) is 0 Å². The summed E-state index contributed by atoms with van der Waals surface area (Å²) in [5.74, 6) is -1.27. The van der Waals surface area contributed by atoms with Gasteiger partial charge < -0.3 is 5.32 Å². The molecule has 0 unspecified atom stereocenters. The lowest BCUT2D eigenvalue weighted by molar-refractivity contribution is -0.115. The van der Waals surface area contributed by atoms with Crippen LogP contribution in [-0.2, 0) is 21.2 Å². The van der Waals surface area contributed by atoms with Gasteiger partial charge in [0, 0.05) is 17.4 Å². The monoisotopic (exact) mass is 484 g/mol. The fraction of sp³-hybridized carbons (Fsp3) is 0.0435. The standard InChI is InChI=1S/C23H18ClFN4O3S/c24-17-8-11-20(28-33(31,32)22-5-2-1-4-19(22)25)21(15-17)27-23(30)14-16-6-9-18(10-7-16)29-13-3-12-26-29/h1-13,15,28H,14H2,(H,27,30). The zero-order valence-corrected chi connectivity index (χ0v) is 18.6. The van der Waals surface area contributed by atoms with Crippen molar-refractivity contribution in [3.05, 3.63) is 102 Å². The molecular formula is C23H18ClFN4O3S. The van der Waals surface area contributed by atoms with Gasteiger partial charge in [-0.05, 0) is 54.1 Å². The molecule has 4 rings (SSSR count). The number of halogens is 2. The molecule has 0 radical (unpaired) electrons. The molecule has 0 aliphatic heterocycles. The van der Waals surface area contributed by atoms with Crippen LogP contribution < -0.4 is 10.0 Å². The Labute approximate surface area is 194 Å². The first-order valence-electron chi connectivity index (χ1n) is 9.77. The molecule has 1 amide bonds. The number of hydrogen-bond donors (Lipinski definition) is 2. The third-order valence-electron chi connectivity index (χ3n) is 4.70. The van der Waals surface area contributed by atoms with E-state index in [1.807, 2.05) is 24.4 Å². The number of hydrogen-bond acceptors (Lipinski definition) is 4. The lowest BCUT2D eigenvalue weighted by Gasteiger charge is -2.14. The van der Waals surface area contributed by atoms with Crippen molar-refractivity contribution in [2.75, 3.05) is 10.0 Å². The number of benzene rings is 3. The molecule has 2 N–H and O–H groups in total. The van der Waals surface area contributed by atoms with Crippen LogP contribution in [0.5, 0.6) is 0 Å². The van der Waals surface area contributed by atoms with Gasteiger partial charge in [0.1, 0.15) is 10.7 Å². The lowest BCUT2D eigenvalue weighted by atomic mass is 10.1. The molecule has 10 heteroatoms. The first-order valence-corrected chi connectivity index (χ1v) is 11.6. The van der Waals surface area contributed by atoms with Crippen molar-refractivity contribution in [1.29, 1.82) is 0 Å². The van der Waals surface area contributed by atoms with Crippen LogP contribution in [-0.4, -0.2) is 24.1 Å². The number of aromatic nitrogens is 2. The molecule has 0 fully saturated rings. The Bertz CT molecular complexity index is 1390. The SMILES string of the molecule is O=C(Cc1ccc(-n2cccn2)cc1)Nc1cc(Cl)ccc1NS(=O)(=O)c1ccccc1F. The van der Waals surface area contributed by atoms with Crippen molar-refractivity contribution in [3.8, 4) is 5.69 Å². The summed E-state index contributed by atoms with van der Waals surface area (Å²) in [5.41, 5.74) is 1.81. The van der Waals surface area contributed by atoms with Crippen molar-refractivity contribution in [3.63, 3.8) is 0 Å². The average Bonchev–Trinajstić information content (AvgIpc) is 3.31. The number of nitrogens with one attached hydrogen (secondary N) is 2. The molecule has 0 spiro atoms. The predicted octanol–water partition coefficient (Wildman–Crippen LogP) is 4.65. The molecule has 0 saturated carbocycles. The number of carbonyl (C=O) groups is 1. The quantitative estimate of drug-likeness (QED) is 0.399. The first kappa shape index (κ1) is 22.5. The van der Waals surface area contributed by atoms with Crippen LogP contribution in [0, 0.1) is 5.82 Å². The molecule has 1 heterocycles. The van der Waals surface area contributed by atoms with Gasteiger partial charge in [-0.15, -0.1) is 0 Å². The van der Waals surface area contributed by atoms with E-state index in [9.17, 15) is 17.6 Å². The molecule has 4 aromatic rings. The molecule has 33 heavy (non-hydrogen) atoms. The minimum atomic E-state index is -4.23. The lowest BCUT2D eigenvalue weighted by Crippen LogP contribution is -2.19. The van der Waals surface area contributed by atoms with Gasteiger partial charge in [-0.1, -0.05) is 35.9 Å². The van der Waals surface area contributed by atoms with Crippen molar-refractivity contribution in [2.24, 2.45) is 0 Å². The highest BCUT2D eigenvalue weighted by Crippen LogP contribution is 2.29. The second kappa shape index (κ2) is 9.43. The van der Waals surface area contributed by atoms with Gasteiger partial charge in [-0.3, -0.25) is 9.52 Å². The van der Waals surface area contributed by atoms with Crippen LogP contribution >= 0.6 is 11.6 Å². The second-order valence-electron chi connectivity index (χ2n) is 7.07. The van der Waals surface area contributed by atoms with E-state index < -0.39 is 20.7 Å². The maximum atomic E-state index is 14.0. The Morgan fingerprint density at radius 2 is 1.76 bits per heavy atom. The van der Waals surface area contributed by atoms with Crippen LogP contribution in [0.15, 0.2) is 90.1 Å². The molecule has 7 nitrogen and oxygen atoms in total. The minimum absolute atomic E-state index is 0.0470. The van der Waals surface area contributed by atoms with E-state index in [-0.39, 0.29) is 23.7 Å². The highest BCUT2D eigenvalue weighted by molar-refractivity contribution is 7.92. The fourth-order valence-corrected chi connectivity index (χ4v) is 4.47. The van der Waals surface area contributed by atoms with E-state index in [1.54, 1.807) is 23.0 Å². The molecule has 3 aromatic carbocycles. The highest BCUT2D eigenvalue weighted by Gasteiger charge is 2.20. The zero-order valence-electron chi connectivity index (χ0n) is 17.1. The van der Waals surface area contributed by atoms with Gasteiger partial charge in [-0.2, -0.15) is 5.10 Å². The molecule has 0 aliphatic carbocycles. The summed E-state index contributed by atoms with van der Waals surface area (Å²) in [5, 5.41) is 7.12. The smallest absolute Gasteiger partial charge is 0.264 e. The van der Waals surface area contributed by atoms with Crippen molar-refractivity contribution >= 4 is 38.9 Å². The van der Waals surface area contributed by atoms with Gasteiger partial charge in [0.05, 0.1) is 23.5 Å². The summed E-state index contributed by atoms with van der Waals surface area (Å²) in [4.78, 5) is 12.1. The Morgan fingerprint density at radius 3 is 2.45 bits per heavy atom.